The van der Waals surface area contributed by atoms with Gasteiger partial charge in [-0.1, -0.05) is 18.2 Å². The highest BCUT2D eigenvalue weighted by atomic mass is 16.2. The molecule has 1 aromatic heterocycles. The predicted octanol–water partition coefficient (Wildman–Crippen LogP) is 2.88. The van der Waals surface area contributed by atoms with Crippen LogP contribution in [0.2, 0.25) is 0 Å². The Kier molecular flexibility index (Phi) is 5.27. The molecule has 0 saturated carbocycles. The summed E-state index contributed by atoms with van der Waals surface area (Å²) in [6, 6.07) is 19.1. The van der Waals surface area contributed by atoms with E-state index in [1.54, 1.807) is 10.9 Å². The van der Waals surface area contributed by atoms with Crippen molar-refractivity contribution < 1.29 is 4.79 Å². The molecule has 0 atom stereocenters. The van der Waals surface area contributed by atoms with Gasteiger partial charge >= 0.3 is 0 Å². The second-order valence-corrected chi connectivity index (χ2v) is 7.08. The Hall–Kier alpha value is -3.63. The van der Waals surface area contributed by atoms with Gasteiger partial charge in [0.2, 0.25) is 0 Å². The zero-order chi connectivity index (χ0) is 20.2. The van der Waals surface area contributed by atoms with Gasteiger partial charge < -0.3 is 15.1 Å². The lowest BCUT2D eigenvalue weighted by Gasteiger charge is -2.32. The summed E-state index contributed by atoms with van der Waals surface area (Å²) >= 11 is 0. The fraction of sp³-hybridized carbons (Fsp3) is 0.227. The van der Waals surface area contributed by atoms with Crippen molar-refractivity contribution in [1.29, 1.82) is 5.26 Å². The summed E-state index contributed by atoms with van der Waals surface area (Å²) in [5.41, 5.74) is 2.77. The van der Waals surface area contributed by atoms with Crippen molar-refractivity contribution in [2.24, 2.45) is 0 Å². The van der Waals surface area contributed by atoms with E-state index in [0.717, 1.165) is 37.6 Å². The molecule has 1 saturated heterocycles. The molecule has 0 radical (unpaired) electrons. The Morgan fingerprint density at radius 2 is 1.72 bits per heavy atom. The molecule has 7 heteroatoms. The number of hydrogen-bond acceptors (Lipinski definition) is 5. The number of aromatic nitrogens is 2. The van der Waals surface area contributed by atoms with E-state index in [0.29, 0.717) is 16.9 Å². The monoisotopic (exact) mass is 386 g/mol. The molecule has 1 aliphatic heterocycles. The SMILES string of the molecule is CN1CCN(C(=O)c2ccc(Nc3nn(-c4ccccc4)cc3C#N)cc2)CC1. The van der Waals surface area contributed by atoms with Crippen LogP contribution in [-0.2, 0) is 0 Å². The third-order valence-corrected chi connectivity index (χ3v) is 5.04. The maximum Gasteiger partial charge on any atom is 0.253 e. The zero-order valence-corrected chi connectivity index (χ0v) is 16.2. The number of nitrogens with zero attached hydrogens (tertiary/aromatic N) is 5. The molecule has 0 unspecified atom stereocenters. The van der Waals surface area contributed by atoms with Crippen LogP contribution in [0.4, 0.5) is 11.5 Å². The largest absolute Gasteiger partial charge is 0.338 e. The highest BCUT2D eigenvalue weighted by Crippen LogP contribution is 2.21. The van der Waals surface area contributed by atoms with Crippen LogP contribution >= 0.6 is 0 Å². The number of piperazine rings is 1. The minimum absolute atomic E-state index is 0.0516. The smallest absolute Gasteiger partial charge is 0.253 e. The number of para-hydroxylation sites is 1. The number of carbonyl (C=O) groups excluding carboxylic acids is 1. The van der Waals surface area contributed by atoms with Crippen molar-refractivity contribution in [3.63, 3.8) is 0 Å². The summed E-state index contributed by atoms with van der Waals surface area (Å²) in [7, 11) is 2.07. The lowest BCUT2D eigenvalue weighted by Crippen LogP contribution is -2.47. The van der Waals surface area contributed by atoms with E-state index in [4.69, 9.17) is 0 Å². The Labute approximate surface area is 169 Å². The summed E-state index contributed by atoms with van der Waals surface area (Å²) in [6.07, 6.45) is 1.70. The van der Waals surface area contributed by atoms with E-state index in [9.17, 15) is 10.1 Å². The van der Waals surface area contributed by atoms with Gasteiger partial charge in [-0.3, -0.25) is 4.79 Å². The molecule has 2 heterocycles. The molecule has 29 heavy (non-hydrogen) atoms. The number of nitrogens with one attached hydrogen (secondary N) is 1. The second kappa shape index (κ2) is 8.17. The fourth-order valence-electron chi connectivity index (χ4n) is 3.29. The number of benzene rings is 2. The molecule has 1 aliphatic rings. The van der Waals surface area contributed by atoms with Crippen LogP contribution in [-0.4, -0.2) is 58.7 Å². The molecule has 3 aromatic rings. The van der Waals surface area contributed by atoms with Gasteiger partial charge in [0.15, 0.2) is 5.82 Å². The van der Waals surface area contributed by atoms with Crippen LogP contribution in [0.5, 0.6) is 0 Å². The van der Waals surface area contributed by atoms with Crippen LogP contribution in [0.15, 0.2) is 60.8 Å². The first-order valence-corrected chi connectivity index (χ1v) is 9.54. The first-order valence-electron chi connectivity index (χ1n) is 9.54. The van der Waals surface area contributed by atoms with Gasteiger partial charge in [0, 0.05) is 37.4 Å². The fourth-order valence-corrected chi connectivity index (χ4v) is 3.29. The van der Waals surface area contributed by atoms with Gasteiger partial charge in [0.1, 0.15) is 11.6 Å². The third kappa shape index (κ3) is 4.13. The number of amides is 1. The van der Waals surface area contributed by atoms with E-state index in [1.807, 2.05) is 59.5 Å². The summed E-state index contributed by atoms with van der Waals surface area (Å²) in [6.45, 7) is 3.29. The Morgan fingerprint density at radius 1 is 1.03 bits per heavy atom. The molecule has 4 rings (SSSR count). The molecule has 1 amide bonds. The maximum absolute atomic E-state index is 12.7. The van der Waals surface area contributed by atoms with Crippen LogP contribution in [0.25, 0.3) is 5.69 Å². The van der Waals surface area contributed by atoms with Gasteiger partial charge in [-0.15, -0.1) is 5.10 Å². The average Bonchev–Trinajstić information content (AvgIpc) is 3.18. The molecule has 0 aliphatic carbocycles. The van der Waals surface area contributed by atoms with Crippen LogP contribution in [0.3, 0.4) is 0 Å². The summed E-state index contributed by atoms with van der Waals surface area (Å²) < 4.78 is 1.67. The highest BCUT2D eigenvalue weighted by Gasteiger charge is 2.20. The Bertz CT molecular complexity index is 1030. The van der Waals surface area contributed by atoms with Crippen molar-refractivity contribution in [1.82, 2.24) is 19.6 Å². The summed E-state index contributed by atoms with van der Waals surface area (Å²) in [4.78, 5) is 16.8. The van der Waals surface area contributed by atoms with E-state index >= 15 is 0 Å². The van der Waals surface area contributed by atoms with Gasteiger partial charge in [-0.05, 0) is 43.4 Å². The Balaban J connectivity index is 1.48. The Morgan fingerprint density at radius 3 is 2.38 bits per heavy atom. The van der Waals surface area contributed by atoms with Gasteiger partial charge in [0.25, 0.3) is 5.91 Å². The van der Waals surface area contributed by atoms with Crippen LogP contribution in [0, 0.1) is 11.3 Å². The number of anilines is 2. The van der Waals surface area contributed by atoms with Crippen molar-refractivity contribution in [3.05, 3.63) is 71.9 Å². The third-order valence-electron chi connectivity index (χ3n) is 5.04. The lowest BCUT2D eigenvalue weighted by atomic mass is 10.1. The minimum atomic E-state index is 0.0516. The molecule has 7 nitrogen and oxygen atoms in total. The van der Waals surface area contributed by atoms with E-state index in [1.165, 1.54) is 0 Å². The lowest BCUT2D eigenvalue weighted by molar-refractivity contribution is 0.0664. The topological polar surface area (TPSA) is 77.2 Å². The molecular weight excluding hydrogens is 364 g/mol. The number of carbonyl (C=O) groups is 1. The van der Waals surface area contributed by atoms with Crippen LogP contribution < -0.4 is 5.32 Å². The molecule has 146 valence electrons. The van der Waals surface area contributed by atoms with Crippen LogP contribution in [0.1, 0.15) is 15.9 Å². The van der Waals surface area contributed by atoms with Crippen molar-refractivity contribution >= 4 is 17.4 Å². The van der Waals surface area contributed by atoms with E-state index in [2.05, 4.69) is 28.4 Å². The first-order chi connectivity index (χ1) is 14.1. The quantitative estimate of drug-likeness (QED) is 0.746. The standard InChI is InChI=1S/C22H22N6O/c1-26-11-13-27(14-12-26)22(29)17-7-9-19(10-8-17)24-21-18(15-23)16-28(25-21)20-5-3-2-4-6-20/h2-10,16H,11-14H2,1H3,(H,24,25). The normalized spacial score (nSPS) is 14.4. The molecule has 1 N–H and O–H groups in total. The van der Waals surface area contributed by atoms with Crippen molar-refractivity contribution in [2.45, 2.75) is 0 Å². The van der Waals surface area contributed by atoms with Gasteiger partial charge in [0.05, 0.1) is 11.9 Å². The maximum atomic E-state index is 12.7. The summed E-state index contributed by atoms with van der Waals surface area (Å²) in [5.74, 6) is 0.533. The number of nitriles is 1. The first kappa shape index (κ1) is 18.7. The van der Waals surface area contributed by atoms with E-state index < -0.39 is 0 Å². The second-order valence-electron chi connectivity index (χ2n) is 7.08. The number of hydrogen-bond donors (Lipinski definition) is 1. The number of rotatable bonds is 4. The predicted molar refractivity (Wildman–Crippen MR) is 111 cm³/mol. The highest BCUT2D eigenvalue weighted by molar-refractivity contribution is 5.94. The molecule has 1 fully saturated rings. The zero-order valence-electron chi connectivity index (χ0n) is 16.2. The molecule has 0 spiro atoms. The van der Waals surface area contributed by atoms with Gasteiger partial charge in [-0.2, -0.15) is 5.26 Å². The summed E-state index contributed by atoms with van der Waals surface area (Å²) in [5, 5.41) is 17.1. The van der Waals surface area contributed by atoms with Crippen molar-refractivity contribution in [3.8, 4) is 11.8 Å². The minimum Gasteiger partial charge on any atom is -0.338 e. The number of likely N-dealkylation sites (N-methyl/N-ethyl adjacent to an activating group) is 1. The van der Waals surface area contributed by atoms with E-state index in [-0.39, 0.29) is 5.91 Å². The molecule has 2 aromatic carbocycles. The average molecular weight is 386 g/mol. The van der Waals surface area contributed by atoms with Crippen molar-refractivity contribution in [2.75, 3.05) is 38.5 Å². The molecular formula is C22H22N6O. The molecule has 0 bridgehead atoms. The van der Waals surface area contributed by atoms with Gasteiger partial charge in [-0.25, -0.2) is 4.68 Å².